The second-order valence-electron chi connectivity index (χ2n) is 11.6. The Morgan fingerprint density at radius 1 is 1.07 bits per heavy atom. The van der Waals surface area contributed by atoms with Crippen LogP contribution in [-0.4, -0.2) is 63.0 Å². The minimum Gasteiger partial charge on any atom is -0.494 e. The Kier molecular flexibility index (Phi) is 14.0. The zero-order valence-corrected chi connectivity index (χ0v) is 28.5. The summed E-state index contributed by atoms with van der Waals surface area (Å²) in [5, 5.41) is 0.580. The Balaban J connectivity index is 1.89. The van der Waals surface area contributed by atoms with E-state index in [0.717, 1.165) is 18.0 Å². The number of rotatable bonds is 18. The van der Waals surface area contributed by atoms with Crippen LogP contribution in [0.15, 0.2) is 48.5 Å². The number of halogens is 1. The van der Waals surface area contributed by atoms with Crippen molar-refractivity contribution < 1.29 is 32.9 Å². The van der Waals surface area contributed by atoms with Gasteiger partial charge in [0.15, 0.2) is 11.8 Å². The molecule has 1 amide bonds. The van der Waals surface area contributed by atoms with Crippen molar-refractivity contribution in [2.24, 2.45) is 0 Å². The van der Waals surface area contributed by atoms with Crippen LogP contribution in [0.3, 0.4) is 0 Å². The van der Waals surface area contributed by atoms with E-state index in [-0.39, 0.29) is 31.2 Å². The number of esters is 1. The molecule has 44 heavy (non-hydrogen) atoms. The highest BCUT2D eigenvalue weighted by Crippen LogP contribution is 2.29. The Bertz CT molecular complexity index is 1350. The van der Waals surface area contributed by atoms with Gasteiger partial charge in [-0.15, -0.1) is 11.3 Å². The van der Waals surface area contributed by atoms with Gasteiger partial charge in [0.25, 0.3) is 5.91 Å². The van der Waals surface area contributed by atoms with E-state index in [1.165, 1.54) is 23.5 Å². The molecule has 8 nitrogen and oxygen atoms in total. The first kappa shape index (κ1) is 35.4. The molecule has 240 valence electrons. The predicted octanol–water partition coefficient (Wildman–Crippen LogP) is 7.20. The molecule has 0 fully saturated rings. The number of carbonyl (C=O) groups excluding carboxylic acids is 2. The molecule has 0 aliphatic heterocycles. The number of thiazole rings is 1. The van der Waals surface area contributed by atoms with Crippen LogP contribution in [0, 0.1) is 12.7 Å². The highest BCUT2D eigenvalue weighted by atomic mass is 32.1. The quantitative estimate of drug-likeness (QED) is 0.0627. The van der Waals surface area contributed by atoms with Crippen LogP contribution < -0.4 is 4.74 Å². The number of nitrogens with zero attached hydrogens (tertiary/aromatic N) is 2. The smallest absolute Gasteiger partial charge is 0.358 e. The Hall–Kier alpha value is -3.12. The largest absolute Gasteiger partial charge is 0.494 e. The highest BCUT2D eigenvalue weighted by Gasteiger charge is 2.31. The van der Waals surface area contributed by atoms with Gasteiger partial charge < -0.3 is 23.8 Å². The number of benzene rings is 2. The van der Waals surface area contributed by atoms with E-state index in [2.05, 4.69) is 24.6 Å². The summed E-state index contributed by atoms with van der Waals surface area (Å²) in [5.74, 6) is -1.14. The van der Waals surface area contributed by atoms with Crippen LogP contribution in [0.2, 0.25) is 25.7 Å². The van der Waals surface area contributed by atoms with Gasteiger partial charge in [-0.25, -0.2) is 14.2 Å². The zero-order chi connectivity index (χ0) is 32.1. The number of hydrogen-bond acceptors (Lipinski definition) is 8. The number of aromatic nitrogens is 1. The Labute approximate surface area is 265 Å². The van der Waals surface area contributed by atoms with Gasteiger partial charge >= 0.3 is 5.97 Å². The molecule has 0 radical (unpaired) electrons. The Morgan fingerprint density at radius 2 is 1.82 bits per heavy atom. The summed E-state index contributed by atoms with van der Waals surface area (Å²) < 4.78 is 37.8. The minimum atomic E-state index is -1.33. The van der Waals surface area contributed by atoms with Crippen LogP contribution in [0.25, 0.3) is 0 Å². The first-order chi connectivity index (χ1) is 21.0. The van der Waals surface area contributed by atoms with Crippen molar-refractivity contribution in [3.05, 3.63) is 81.1 Å². The monoisotopic (exact) mass is 644 g/mol. The van der Waals surface area contributed by atoms with Crippen LogP contribution in [-0.2, 0) is 32.0 Å². The minimum absolute atomic E-state index is 0.0999. The van der Waals surface area contributed by atoms with Gasteiger partial charge in [0.05, 0.1) is 19.8 Å². The molecule has 0 saturated carbocycles. The van der Waals surface area contributed by atoms with E-state index in [9.17, 15) is 9.59 Å². The summed E-state index contributed by atoms with van der Waals surface area (Å²) in [6.45, 7) is 13.6. The van der Waals surface area contributed by atoms with E-state index in [1.807, 2.05) is 37.3 Å². The summed E-state index contributed by atoms with van der Waals surface area (Å²) in [6, 6.07) is 15.4. The van der Waals surface area contributed by atoms with Crippen molar-refractivity contribution in [2.75, 3.05) is 33.2 Å². The molecule has 2 aromatic carbocycles. The lowest BCUT2D eigenvalue weighted by Crippen LogP contribution is -2.37. The lowest BCUT2D eigenvalue weighted by Gasteiger charge is -2.27. The molecule has 0 N–H and O–H groups in total. The van der Waals surface area contributed by atoms with Gasteiger partial charge in [0.2, 0.25) is 0 Å². The summed E-state index contributed by atoms with van der Waals surface area (Å²) >= 11 is 1.33. The van der Waals surface area contributed by atoms with E-state index >= 15 is 4.39 Å². The first-order valence-electron chi connectivity index (χ1n) is 15.1. The number of aryl methyl sites for hydroxylation is 2. The molecule has 0 aliphatic carbocycles. The average Bonchev–Trinajstić information content (AvgIpc) is 3.35. The number of amides is 1. The lowest BCUT2D eigenvalue weighted by molar-refractivity contribution is -0.156. The maximum Gasteiger partial charge on any atom is 0.358 e. The predicted molar refractivity (Wildman–Crippen MR) is 173 cm³/mol. The third-order valence-electron chi connectivity index (χ3n) is 6.79. The van der Waals surface area contributed by atoms with Crippen LogP contribution in [0.1, 0.15) is 57.9 Å². The molecule has 0 saturated heterocycles. The molecule has 3 rings (SSSR count). The van der Waals surface area contributed by atoms with E-state index in [4.69, 9.17) is 18.9 Å². The molecule has 11 heteroatoms. The molecule has 1 aromatic heterocycles. The third kappa shape index (κ3) is 11.1. The third-order valence-corrected chi connectivity index (χ3v) is 9.45. The van der Waals surface area contributed by atoms with Crippen molar-refractivity contribution in [1.82, 2.24) is 9.88 Å². The van der Waals surface area contributed by atoms with Gasteiger partial charge in [-0.2, -0.15) is 0 Å². The second-order valence-corrected chi connectivity index (χ2v) is 18.5. The fourth-order valence-corrected chi connectivity index (χ4v) is 6.14. The van der Waals surface area contributed by atoms with Crippen LogP contribution in [0.4, 0.5) is 4.39 Å². The standard InChI is InChI=1S/C33H45FN2O6SSi/c1-7-40-26-16-17-27(28(34)21-26)31(42-23-39-19-20-44(4,5)6)32(37)36(18-12-15-25-13-10-9-11-14-25)22-29-35-30(24(3)43-29)33(38)41-8-2/h9-11,13-14,16-17,21,31H,7-8,12,15,18-20,22-23H2,1-6H3/t31-/m0/s1. The van der Waals surface area contributed by atoms with E-state index < -0.39 is 31.9 Å². The Morgan fingerprint density at radius 3 is 2.48 bits per heavy atom. The topological polar surface area (TPSA) is 87.2 Å². The van der Waals surface area contributed by atoms with Crippen molar-refractivity contribution >= 4 is 31.3 Å². The average molecular weight is 645 g/mol. The lowest BCUT2D eigenvalue weighted by atomic mass is 10.1. The van der Waals surface area contributed by atoms with Crippen molar-refractivity contribution in [3.63, 3.8) is 0 Å². The van der Waals surface area contributed by atoms with Gasteiger partial charge in [0, 0.05) is 37.7 Å². The number of ether oxygens (including phenoxy) is 4. The van der Waals surface area contributed by atoms with Gasteiger partial charge in [0.1, 0.15) is 23.4 Å². The summed E-state index contributed by atoms with van der Waals surface area (Å²) in [5.41, 5.74) is 1.49. The first-order valence-corrected chi connectivity index (χ1v) is 19.6. The fourth-order valence-electron chi connectivity index (χ4n) is 4.45. The molecule has 0 bridgehead atoms. The molecule has 0 spiro atoms. The van der Waals surface area contributed by atoms with Gasteiger partial charge in [-0.3, -0.25) is 4.79 Å². The van der Waals surface area contributed by atoms with E-state index in [0.29, 0.717) is 41.8 Å². The van der Waals surface area contributed by atoms with Crippen LogP contribution >= 0.6 is 11.3 Å². The molecule has 0 unspecified atom stereocenters. The van der Waals surface area contributed by atoms with Crippen molar-refractivity contribution in [2.45, 2.75) is 71.9 Å². The summed E-state index contributed by atoms with van der Waals surface area (Å²) in [7, 11) is -1.33. The maximum absolute atomic E-state index is 15.5. The molecule has 1 heterocycles. The van der Waals surface area contributed by atoms with Gasteiger partial charge in [-0.1, -0.05) is 50.0 Å². The molecule has 1 atom stereocenters. The summed E-state index contributed by atoms with van der Waals surface area (Å²) in [4.78, 5) is 33.5. The highest BCUT2D eigenvalue weighted by molar-refractivity contribution is 7.11. The van der Waals surface area contributed by atoms with E-state index in [1.54, 1.807) is 24.8 Å². The van der Waals surface area contributed by atoms with Crippen LogP contribution in [0.5, 0.6) is 5.75 Å². The van der Waals surface area contributed by atoms with Crippen molar-refractivity contribution in [3.8, 4) is 5.75 Å². The fraction of sp³-hybridized carbons (Fsp3) is 0.485. The summed E-state index contributed by atoms with van der Waals surface area (Å²) in [6.07, 6.45) is 0.161. The normalized spacial score (nSPS) is 12.2. The maximum atomic E-state index is 15.5. The molecule has 3 aromatic rings. The second kappa shape index (κ2) is 17.4. The molecule has 0 aliphatic rings. The van der Waals surface area contributed by atoms with Gasteiger partial charge in [-0.05, 0) is 57.4 Å². The number of hydrogen-bond donors (Lipinski definition) is 0. The zero-order valence-electron chi connectivity index (χ0n) is 26.7. The molecular formula is C33H45FN2O6SSi. The molecular weight excluding hydrogens is 600 g/mol. The SMILES string of the molecule is CCOC(=O)c1nc(CN(CCCc2ccccc2)C(=O)[C@@H](OCOCC[Si](C)(C)C)c2ccc(OCC)cc2F)sc1C. The van der Waals surface area contributed by atoms with Crippen molar-refractivity contribution in [1.29, 1.82) is 0 Å². The number of carbonyl (C=O) groups is 2.